The Morgan fingerprint density at radius 1 is 1.67 bits per heavy atom. The van der Waals surface area contributed by atoms with Gasteiger partial charge in [0.25, 0.3) is 0 Å². The van der Waals surface area contributed by atoms with E-state index in [2.05, 4.69) is 4.74 Å². The van der Waals surface area contributed by atoms with Crippen molar-refractivity contribution in [2.45, 2.75) is 12.5 Å². The van der Waals surface area contributed by atoms with Crippen molar-refractivity contribution in [1.82, 2.24) is 0 Å². The molecule has 0 aromatic carbocycles. The first-order valence-corrected chi connectivity index (χ1v) is 2.55. The predicted molar refractivity (Wildman–Crippen MR) is 29.0 cm³/mol. The molecule has 0 rings (SSSR count). The molecule has 52 valence electrons. The molecule has 0 radical (unpaired) electrons. The molecule has 0 saturated heterocycles. The van der Waals surface area contributed by atoms with Crippen LogP contribution in [0.4, 0.5) is 0 Å². The Hall–Kier alpha value is -0.770. The molecule has 0 aromatic rings. The van der Waals surface area contributed by atoms with Crippen molar-refractivity contribution in [2.24, 2.45) is 0 Å². The van der Waals surface area contributed by atoms with Gasteiger partial charge in [-0.2, -0.15) is 0 Å². The maximum atomic E-state index is 10.0. The zero-order valence-corrected chi connectivity index (χ0v) is 5.38. The van der Waals surface area contributed by atoms with Crippen molar-refractivity contribution in [1.29, 1.82) is 0 Å². The SMILES string of the molecule is CC(Cl)OC(=O)C(=O)O. The summed E-state index contributed by atoms with van der Waals surface area (Å²) in [7, 11) is 0. The molecule has 0 aromatic heterocycles. The third-order valence-corrected chi connectivity index (χ3v) is 0.533. The Kier molecular flexibility index (Phi) is 3.01. The highest BCUT2D eigenvalue weighted by molar-refractivity contribution is 6.30. The Bertz CT molecular complexity index is 131. The van der Waals surface area contributed by atoms with Crippen molar-refractivity contribution >= 4 is 23.5 Å². The van der Waals surface area contributed by atoms with Gasteiger partial charge in [-0.1, -0.05) is 11.6 Å². The van der Waals surface area contributed by atoms with Crippen molar-refractivity contribution in [3.8, 4) is 0 Å². The number of ether oxygens (including phenoxy) is 1. The Morgan fingerprint density at radius 3 is 2.22 bits per heavy atom. The number of halogens is 1. The summed E-state index contributed by atoms with van der Waals surface area (Å²) in [6, 6.07) is 0. The molecule has 0 amide bonds. The quantitative estimate of drug-likeness (QED) is 0.331. The van der Waals surface area contributed by atoms with E-state index in [1.165, 1.54) is 6.92 Å². The molecule has 1 atom stereocenters. The van der Waals surface area contributed by atoms with Gasteiger partial charge < -0.3 is 9.84 Å². The van der Waals surface area contributed by atoms with Gasteiger partial charge >= 0.3 is 11.9 Å². The highest BCUT2D eigenvalue weighted by atomic mass is 35.5. The van der Waals surface area contributed by atoms with E-state index in [1.807, 2.05) is 0 Å². The lowest BCUT2D eigenvalue weighted by molar-refractivity contribution is -0.164. The summed E-state index contributed by atoms with van der Waals surface area (Å²) in [6.07, 6.45) is 0. The normalized spacial score (nSPS) is 12.2. The first kappa shape index (κ1) is 8.23. The highest BCUT2D eigenvalue weighted by Crippen LogP contribution is 1.95. The van der Waals surface area contributed by atoms with Crippen LogP contribution in [0.1, 0.15) is 6.92 Å². The second-order valence-corrected chi connectivity index (χ2v) is 1.87. The fourth-order valence-electron chi connectivity index (χ4n) is 0.198. The lowest BCUT2D eigenvalue weighted by atomic mass is 10.7. The van der Waals surface area contributed by atoms with Crippen molar-refractivity contribution in [2.75, 3.05) is 0 Å². The minimum atomic E-state index is -1.64. The topological polar surface area (TPSA) is 63.6 Å². The molecule has 0 aliphatic heterocycles. The molecular formula is C4H5ClO4. The molecule has 4 nitrogen and oxygen atoms in total. The molecule has 0 aliphatic rings. The molecule has 0 heterocycles. The number of hydrogen-bond acceptors (Lipinski definition) is 3. The molecule has 9 heavy (non-hydrogen) atoms. The average Bonchev–Trinajstić information content (AvgIpc) is 1.63. The Morgan fingerprint density at radius 2 is 2.11 bits per heavy atom. The second-order valence-electron chi connectivity index (χ2n) is 1.25. The molecule has 0 bridgehead atoms. The maximum Gasteiger partial charge on any atom is 0.418 e. The van der Waals surface area contributed by atoms with E-state index in [9.17, 15) is 9.59 Å². The molecule has 0 aliphatic carbocycles. The van der Waals surface area contributed by atoms with Crippen molar-refractivity contribution in [3.05, 3.63) is 0 Å². The summed E-state index contributed by atoms with van der Waals surface area (Å²) in [6.45, 7) is 1.35. The van der Waals surface area contributed by atoms with Crippen LogP contribution in [-0.4, -0.2) is 22.6 Å². The standard InChI is InChI=1S/C4H5ClO4/c1-2(5)9-4(8)3(6)7/h2H,1H3,(H,6,7). The van der Waals surface area contributed by atoms with E-state index in [-0.39, 0.29) is 0 Å². The Labute approximate surface area is 56.4 Å². The minimum Gasteiger partial charge on any atom is -0.473 e. The fourth-order valence-corrected chi connectivity index (χ4v) is 0.279. The number of carboxylic acid groups (broad SMARTS) is 1. The van der Waals surface area contributed by atoms with Gasteiger partial charge in [-0.3, -0.25) is 0 Å². The van der Waals surface area contributed by atoms with Crippen LogP contribution >= 0.6 is 11.6 Å². The Balaban J connectivity index is 3.65. The minimum absolute atomic E-state index is 0.895. The largest absolute Gasteiger partial charge is 0.473 e. The van der Waals surface area contributed by atoms with E-state index in [0.29, 0.717) is 0 Å². The maximum absolute atomic E-state index is 10.0. The lowest BCUT2D eigenvalue weighted by Crippen LogP contribution is -2.18. The zero-order valence-electron chi connectivity index (χ0n) is 4.63. The number of carbonyl (C=O) groups excluding carboxylic acids is 1. The number of esters is 1. The van der Waals surface area contributed by atoms with Crippen molar-refractivity contribution < 1.29 is 19.4 Å². The number of carboxylic acids is 1. The summed E-state index contributed by atoms with van der Waals surface area (Å²) in [5.41, 5.74) is -0.895. The van der Waals surface area contributed by atoms with Crippen LogP contribution in [0.25, 0.3) is 0 Å². The van der Waals surface area contributed by atoms with Gasteiger partial charge in [-0.05, 0) is 6.92 Å². The van der Waals surface area contributed by atoms with E-state index >= 15 is 0 Å². The summed E-state index contributed by atoms with van der Waals surface area (Å²) in [5.74, 6) is -2.97. The molecule has 1 N–H and O–H groups in total. The average molecular weight is 153 g/mol. The van der Waals surface area contributed by atoms with E-state index in [1.54, 1.807) is 0 Å². The van der Waals surface area contributed by atoms with E-state index in [4.69, 9.17) is 16.7 Å². The zero-order chi connectivity index (χ0) is 7.44. The van der Waals surface area contributed by atoms with E-state index < -0.39 is 17.5 Å². The highest BCUT2D eigenvalue weighted by Gasteiger charge is 2.14. The van der Waals surface area contributed by atoms with Gasteiger partial charge in [0.15, 0.2) is 5.56 Å². The van der Waals surface area contributed by atoms with Gasteiger partial charge in [0, 0.05) is 0 Å². The number of rotatable bonds is 1. The first-order valence-electron chi connectivity index (χ1n) is 2.12. The molecular weight excluding hydrogens is 147 g/mol. The van der Waals surface area contributed by atoms with Crippen LogP contribution in [0.15, 0.2) is 0 Å². The fraction of sp³-hybridized carbons (Fsp3) is 0.500. The van der Waals surface area contributed by atoms with Crippen LogP contribution in [0.5, 0.6) is 0 Å². The van der Waals surface area contributed by atoms with Crippen LogP contribution in [-0.2, 0) is 14.3 Å². The monoisotopic (exact) mass is 152 g/mol. The van der Waals surface area contributed by atoms with Crippen LogP contribution in [0, 0.1) is 0 Å². The molecule has 0 fully saturated rings. The number of carbonyl (C=O) groups is 2. The summed E-state index contributed by atoms with van der Waals surface area (Å²) in [4.78, 5) is 19.7. The van der Waals surface area contributed by atoms with Crippen molar-refractivity contribution in [3.63, 3.8) is 0 Å². The van der Waals surface area contributed by atoms with Crippen LogP contribution in [0.2, 0.25) is 0 Å². The molecule has 5 heteroatoms. The predicted octanol–water partition coefficient (Wildman–Crippen LogP) is 0.199. The summed E-state index contributed by atoms with van der Waals surface area (Å²) >= 11 is 5.11. The smallest absolute Gasteiger partial charge is 0.418 e. The number of alkyl halides is 1. The van der Waals surface area contributed by atoms with Gasteiger partial charge in [-0.15, -0.1) is 0 Å². The number of aliphatic carboxylic acids is 1. The third kappa shape index (κ3) is 3.78. The summed E-state index contributed by atoms with van der Waals surface area (Å²) in [5, 5.41) is 7.90. The number of hydrogen-bond donors (Lipinski definition) is 1. The van der Waals surface area contributed by atoms with Gasteiger partial charge in [-0.25, -0.2) is 9.59 Å². The van der Waals surface area contributed by atoms with Crippen LogP contribution < -0.4 is 0 Å². The molecule has 1 unspecified atom stereocenters. The summed E-state index contributed by atoms with van der Waals surface area (Å²) < 4.78 is 4.04. The molecule has 0 spiro atoms. The first-order chi connectivity index (χ1) is 4.04. The molecule has 0 saturated carbocycles. The third-order valence-electron chi connectivity index (χ3n) is 0.444. The van der Waals surface area contributed by atoms with Gasteiger partial charge in [0.1, 0.15) is 0 Å². The van der Waals surface area contributed by atoms with Gasteiger partial charge in [0.05, 0.1) is 0 Å². The van der Waals surface area contributed by atoms with E-state index in [0.717, 1.165) is 0 Å². The lowest BCUT2D eigenvalue weighted by Gasteiger charge is -2.00. The second kappa shape index (κ2) is 3.29. The van der Waals surface area contributed by atoms with Crippen LogP contribution in [0.3, 0.4) is 0 Å². The van der Waals surface area contributed by atoms with Gasteiger partial charge in [0.2, 0.25) is 0 Å².